The van der Waals surface area contributed by atoms with Crippen molar-refractivity contribution in [2.45, 2.75) is 6.04 Å². The van der Waals surface area contributed by atoms with Gasteiger partial charge in [-0.1, -0.05) is 17.7 Å². The molecule has 1 aromatic rings. The Kier molecular flexibility index (Phi) is 4.84. The van der Waals surface area contributed by atoms with Crippen molar-refractivity contribution >= 4 is 33.4 Å². The van der Waals surface area contributed by atoms with Gasteiger partial charge >= 0.3 is 0 Å². The van der Waals surface area contributed by atoms with Gasteiger partial charge in [0.15, 0.2) is 0 Å². The van der Waals surface area contributed by atoms with Crippen LogP contribution < -0.4 is 5.73 Å². The Labute approximate surface area is 126 Å². The van der Waals surface area contributed by atoms with Crippen LogP contribution >= 0.6 is 27.5 Å². The van der Waals surface area contributed by atoms with Gasteiger partial charge in [0.25, 0.3) is 5.91 Å². The van der Waals surface area contributed by atoms with Gasteiger partial charge in [0, 0.05) is 30.7 Å². The molecule has 19 heavy (non-hydrogen) atoms. The Bertz CT molecular complexity index is 483. The zero-order valence-electron chi connectivity index (χ0n) is 10.8. The predicted molar refractivity (Wildman–Crippen MR) is 80.5 cm³/mol. The number of rotatable bonds is 2. The summed E-state index contributed by atoms with van der Waals surface area (Å²) in [4.78, 5) is 16.6. The summed E-state index contributed by atoms with van der Waals surface area (Å²) in [7, 11) is 2.04. The van der Waals surface area contributed by atoms with E-state index >= 15 is 0 Å². The summed E-state index contributed by atoms with van der Waals surface area (Å²) >= 11 is 9.54. The molecule has 1 amide bonds. The van der Waals surface area contributed by atoms with Crippen molar-refractivity contribution in [3.8, 4) is 0 Å². The Morgan fingerprint density at radius 1 is 1.53 bits per heavy atom. The lowest BCUT2D eigenvalue weighted by molar-refractivity contribution is 0.0516. The number of halogens is 2. The van der Waals surface area contributed by atoms with Crippen molar-refractivity contribution in [2.75, 3.05) is 33.2 Å². The zero-order chi connectivity index (χ0) is 14.0. The second-order valence-corrected chi connectivity index (χ2v) is 5.98. The Balaban J connectivity index is 2.25. The van der Waals surface area contributed by atoms with Gasteiger partial charge in [-0.15, -0.1) is 0 Å². The molecule has 1 aliphatic rings. The maximum absolute atomic E-state index is 12.6. The summed E-state index contributed by atoms with van der Waals surface area (Å²) in [5, 5.41) is 0.460. The monoisotopic (exact) mass is 345 g/mol. The summed E-state index contributed by atoms with van der Waals surface area (Å²) in [5.74, 6) is -0.0464. The van der Waals surface area contributed by atoms with E-state index in [9.17, 15) is 4.79 Å². The minimum absolute atomic E-state index is 0.0429. The van der Waals surface area contributed by atoms with E-state index in [1.165, 1.54) is 0 Å². The van der Waals surface area contributed by atoms with Gasteiger partial charge in [0.2, 0.25) is 0 Å². The van der Waals surface area contributed by atoms with E-state index in [0.29, 0.717) is 23.7 Å². The smallest absolute Gasteiger partial charge is 0.255 e. The van der Waals surface area contributed by atoms with Crippen LogP contribution in [-0.4, -0.2) is 55.0 Å². The highest BCUT2D eigenvalue weighted by atomic mass is 79.9. The van der Waals surface area contributed by atoms with Gasteiger partial charge in [-0.3, -0.25) is 4.79 Å². The fourth-order valence-corrected chi connectivity index (χ4v) is 2.88. The number of piperazine rings is 1. The third kappa shape index (κ3) is 3.11. The molecule has 1 saturated heterocycles. The molecule has 1 aliphatic heterocycles. The van der Waals surface area contributed by atoms with Crippen molar-refractivity contribution in [2.24, 2.45) is 5.73 Å². The lowest BCUT2D eigenvalue weighted by Crippen LogP contribution is -2.56. The molecule has 6 heteroatoms. The van der Waals surface area contributed by atoms with Crippen LogP contribution in [0, 0.1) is 0 Å². The fourth-order valence-electron chi connectivity index (χ4n) is 2.30. The molecule has 1 unspecified atom stereocenters. The first-order chi connectivity index (χ1) is 9.04. The van der Waals surface area contributed by atoms with Crippen molar-refractivity contribution in [1.82, 2.24) is 9.80 Å². The molecule has 0 saturated carbocycles. The normalized spacial score (nSPS) is 20.6. The number of carbonyl (C=O) groups is 1. The fraction of sp³-hybridized carbons (Fsp3) is 0.462. The second-order valence-electron chi connectivity index (χ2n) is 4.75. The molecular weight excluding hydrogens is 330 g/mol. The number of carbonyl (C=O) groups excluding carboxylic acids is 1. The lowest BCUT2D eigenvalue weighted by Gasteiger charge is -2.39. The molecule has 0 spiro atoms. The first-order valence-electron chi connectivity index (χ1n) is 6.18. The highest BCUT2D eigenvalue weighted by Gasteiger charge is 2.29. The lowest BCUT2D eigenvalue weighted by atomic mass is 10.1. The topological polar surface area (TPSA) is 49.6 Å². The van der Waals surface area contributed by atoms with Crippen LogP contribution in [0.2, 0.25) is 5.02 Å². The average Bonchev–Trinajstić information content (AvgIpc) is 2.41. The molecule has 4 nitrogen and oxygen atoms in total. The maximum Gasteiger partial charge on any atom is 0.255 e. The molecule has 1 atom stereocenters. The molecule has 2 rings (SSSR count). The number of nitrogens with two attached hydrogens (primary N) is 1. The average molecular weight is 347 g/mol. The number of likely N-dealkylation sites (N-methyl/N-ethyl adjacent to an activating group) is 1. The largest absolute Gasteiger partial charge is 0.332 e. The first kappa shape index (κ1) is 14.8. The number of nitrogens with zero attached hydrogens (tertiary/aromatic N) is 2. The van der Waals surface area contributed by atoms with Crippen LogP contribution in [0.4, 0.5) is 0 Å². The molecule has 0 aromatic heterocycles. The van der Waals surface area contributed by atoms with Crippen LogP contribution in [-0.2, 0) is 0 Å². The number of hydrogen-bond donors (Lipinski definition) is 1. The quantitative estimate of drug-likeness (QED) is 0.888. The minimum atomic E-state index is -0.0464. The maximum atomic E-state index is 12.6. The summed E-state index contributed by atoms with van der Waals surface area (Å²) < 4.78 is 0.735. The zero-order valence-corrected chi connectivity index (χ0v) is 13.1. The van der Waals surface area contributed by atoms with Gasteiger partial charge in [0.05, 0.1) is 16.6 Å². The molecule has 1 heterocycles. The van der Waals surface area contributed by atoms with Crippen molar-refractivity contribution < 1.29 is 4.79 Å². The Hall–Kier alpha value is -0.620. The third-order valence-corrected chi connectivity index (χ3v) is 4.70. The predicted octanol–water partition coefficient (Wildman–Crippen LogP) is 1.82. The van der Waals surface area contributed by atoms with Gasteiger partial charge < -0.3 is 15.5 Å². The van der Waals surface area contributed by atoms with Gasteiger partial charge in [-0.25, -0.2) is 0 Å². The standard InChI is InChI=1S/C13H17BrClN3O/c1-17-5-6-18(9(7-16)8-17)13(19)10-3-2-4-11(14)12(10)15/h2-4,9H,5-8,16H2,1H3. The molecule has 104 valence electrons. The van der Waals surface area contributed by atoms with Crippen LogP contribution in [0.15, 0.2) is 22.7 Å². The number of amides is 1. The highest BCUT2D eigenvalue weighted by Crippen LogP contribution is 2.27. The Morgan fingerprint density at radius 2 is 2.26 bits per heavy atom. The van der Waals surface area contributed by atoms with Crippen LogP contribution in [0.5, 0.6) is 0 Å². The summed E-state index contributed by atoms with van der Waals surface area (Å²) in [6.07, 6.45) is 0. The molecule has 0 radical (unpaired) electrons. The molecule has 2 N–H and O–H groups in total. The summed E-state index contributed by atoms with van der Waals surface area (Å²) in [6.45, 7) is 2.80. The minimum Gasteiger partial charge on any atom is -0.332 e. The van der Waals surface area contributed by atoms with Crippen molar-refractivity contribution in [1.29, 1.82) is 0 Å². The van der Waals surface area contributed by atoms with E-state index in [4.69, 9.17) is 17.3 Å². The van der Waals surface area contributed by atoms with Gasteiger partial charge in [-0.2, -0.15) is 0 Å². The first-order valence-corrected chi connectivity index (χ1v) is 7.35. The SMILES string of the molecule is CN1CCN(C(=O)c2cccc(Br)c2Cl)C(CN)C1. The summed E-state index contributed by atoms with van der Waals surface area (Å²) in [5.41, 5.74) is 6.30. The van der Waals surface area contributed by atoms with Crippen molar-refractivity contribution in [3.05, 3.63) is 33.3 Å². The van der Waals surface area contributed by atoms with E-state index in [2.05, 4.69) is 20.8 Å². The van der Waals surface area contributed by atoms with E-state index in [1.54, 1.807) is 6.07 Å². The van der Waals surface area contributed by atoms with E-state index in [1.807, 2.05) is 24.1 Å². The van der Waals surface area contributed by atoms with E-state index < -0.39 is 0 Å². The van der Waals surface area contributed by atoms with Crippen LogP contribution in [0.1, 0.15) is 10.4 Å². The van der Waals surface area contributed by atoms with Gasteiger partial charge in [-0.05, 0) is 35.1 Å². The molecule has 1 aromatic carbocycles. The molecule has 0 aliphatic carbocycles. The van der Waals surface area contributed by atoms with Crippen LogP contribution in [0.3, 0.4) is 0 Å². The number of hydrogen-bond acceptors (Lipinski definition) is 3. The number of benzene rings is 1. The Morgan fingerprint density at radius 3 is 2.95 bits per heavy atom. The highest BCUT2D eigenvalue weighted by molar-refractivity contribution is 9.10. The molecular formula is C13H17BrClN3O. The van der Waals surface area contributed by atoms with Crippen LogP contribution in [0.25, 0.3) is 0 Å². The molecule has 0 bridgehead atoms. The third-order valence-electron chi connectivity index (χ3n) is 3.40. The second kappa shape index (κ2) is 6.22. The van der Waals surface area contributed by atoms with E-state index in [0.717, 1.165) is 17.6 Å². The molecule has 1 fully saturated rings. The van der Waals surface area contributed by atoms with Crippen molar-refractivity contribution in [3.63, 3.8) is 0 Å². The van der Waals surface area contributed by atoms with Gasteiger partial charge in [0.1, 0.15) is 0 Å². The summed E-state index contributed by atoms with van der Waals surface area (Å²) in [6, 6.07) is 5.43. The van der Waals surface area contributed by atoms with E-state index in [-0.39, 0.29) is 11.9 Å².